The van der Waals surface area contributed by atoms with Crippen molar-refractivity contribution in [2.75, 3.05) is 11.5 Å². The molecule has 0 saturated heterocycles. The molecule has 2 aromatic carbocycles. The second kappa shape index (κ2) is 6.02. The number of fused-ring (bicyclic) bond motifs is 2. The molecule has 114 valence electrons. The number of nitrogens with two attached hydrogens (primary N) is 2. The highest BCUT2D eigenvalue weighted by Gasteiger charge is 2.06. The average molecular weight is 308 g/mol. The van der Waals surface area contributed by atoms with Crippen LogP contribution >= 0.6 is 0 Å². The van der Waals surface area contributed by atoms with Gasteiger partial charge in [-0.1, -0.05) is 24.3 Å². The van der Waals surface area contributed by atoms with Crippen molar-refractivity contribution in [3.05, 3.63) is 53.7 Å². The Balaban J connectivity index is 0.000000136. The second-order valence-corrected chi connectivity index (χ2v) is 4.49. The van der Waals surface area contributed by atoms with E-state index in [2.05, 4.69) is 25.3 Å². The molecule has 0 amide bonds. The summed E-state index contributed by atoms with van der Waals surface area (Å²) in [7, 11) is 0. The molecule has 0 radical (unpaired) electrons. The van der Waals surface area contributed by atoms with E-state index in [4.69, 9.17) is 11.5 Å². The zero-order chi connectivity index (χ0) is 16.2. The van der Waals surface area contributed by atoms with Crippen LogP contribution in [-0.4, -0.2) is 25.3 Å². The Labute approximate surface area is 130 Å². The summed E-state index contributed by atoms with van der Waals surface area (Å²) in [5, 5.41) is 22.0. The van der Waals surface area contributed by atoms with Gasteiger partial charge in [-0.15, -0.1) is 10.2 Å². The lowest BCUT2D eigenvalue weighted by Crippen LogP contribution is -2.33. The van der Waals surface area contributed by atoms with Crippen molar-refractivity contribution in [3.8, 4) is 0 Å². The lowest BCUT2D eigenvalue weighted by Gasteiger charge is -1.97. The SMILES string of the molecule is Nc1nc2ccccc2[n+]([O-])n1.Nc1nnc2ccccc2n1. The van der Waals surface area contributed by atoms with Crippen LogP contribution in [-0.2, 0) is 0 Å². The van der Waals surface area contributed by atoms with Crippen molar-refractivity contribution in [1.82, 2.24) is 25.3 Å². The number of nitrogens with zero attached hydrogens (tertiary/aromatic N) is 6. The summed E-state index contributed by atoms with van der Waals surface area (Å²) >= 11 is 0. The predicted molar refractivity (Wildman–Crippen MR) is 84.7 cm³/mol. The van der Waals surface area contributed by atoms with E-state index in [9.17, 15) is 5.21 Å². The summed E-state index contributed by atoms with van der Waals surface area (Å²) in [6.07, 6.45) is 0. The van der Waals surface area contributed by atoms with E-state index in [-0.39, 0.29) is 11.9 Å². The molecule has 0 aliphatic rings. The van der Waals surface area contributed by atoms with Crippen molar-refractivity contribution in [2.45, 2.75) is 0 Å². The molecule has 0 spiro atoms. The third kappa shape index (κ3) is 3.18. The third-order valence-electron chi connectivity index (χ3n) is 2.89. The molecule has 4 N–H and O–H groups in total. The van der Waals surface area contributed by atoms with E-state index in [1.165, 1.54) is 0 Å². The molecule has 4 rings (SSSR count). The van der Waals surface area contributed by atoms with Gasteiger partial charge in [-0.25, -0.2) is 9.97 Å². The first-order chi connectivity index (χ1) is 11.1. The van der Waals surface area contributed by atoms with Crippen molar-refractivity contribution >= 4 is 34.0 Å². The maximum atomic E-state index is 11.1. The fourth-order valence-electron chi connectivity index (χ4n) is 1.91. The number of rotatable bonds is 0. The fraction of sp³-hybridized carbons (Fsp3) is 0. The number of anilines is 2. The lowest BCUT2D eigenvalue weighted by molar-refractivity contribution is -0.641. The van der Waals surface area contributed by atoms with Crippen molar-refractivity contribution in [3.63, 3.8) is 0 Å². The van der Waals surface area contributed by atoms with Gasteiger partial charge in [0.05, 0.1) is 10.6 Å². The van der Waals surface area contributed by atoms with Gasteiger partial charge >= 0.3 is 0 Å². The topological polar surface area (TPSA) is 143 Å². The van der Waals surface area contributed by atoms with Gasteiger partial charge in [-0.05, 0) is 23.0 Å². The Hall–Kier alpha value is -3.62. The van der Waals surface area contributed by atoms with Gasteiger partial charge in [0.15, 0.2) is 0 Å². The molecule has 0 fully saturated rings. The first-order valence-corrected chi connectivity index (χ1v) is 6.60. The molecule has 9 heteroatoms. The van der Waals surface area contributed by atoms with Gasteiger partial charge < -0.3 is 16.7 Å². The second-order valence-electron chi connectivity index (χ2n) is 4.49. The van der Waals surface area contributed by atoms with E-state index in [1.54, 1.807) is 24.3 Å². The van der Waals surface area contributed by atoms with Crippen LogP contribution in [0.2, 0.25) is 0 Å². The molecule has 0 bridgehead atoms. The maximum absolute atomic E-state index is 11.1. The van der Waals surface area contributed by atoms with E-state index in [0.717, 1.165) is 11.0 Å². The molecule has 9 nitrogen and oxygen atoms in total. The first kappa shape index (κ1) is 14.3. The zero-order valence-corrected chi connectivity index (χ0v) is 11.9. The van der Waals surface area contributed by atoms with E-state index >= 15 is 0 Å². The summed E-state index contributed by atoms with van der Waals surface area (Å²) in [4.78, 5) is 8.33. The minimum absolute atomic E-state index is 0.0105. The highest BCUT2D eigenvalue weighted by Crippen LogP contribution is 2.06. The minimum Gasteiger partial charge on any atom is -0.594 e. The van der Waals surface area contributed by atoms with Gasteiger partial charge in [-0.2, -0.15) is 0 Å². The Morgan fingerprint density at radius 1 is 0.739 bits per heavy atom. The smallest absolute Gasteiger partial charge is 0.288 e. The van der Waals surface area contributed by atoms with Crippen LogP contribution in [0.15, 0.2) is 48.5 Å². The number of hydrogen-bond donors (Lipinski definition) is 2. The van der Waals surface area contributed by atoms with Crippen molar-refractivity contribution in [2.24, 2.45) is 0 Å². The molecule has 23 heavy (non-hydrogen) atoms. The van der Waals surface area contributed by atoms with Crippen LogP contribution < -0.4 is 16.3 Å². The molecular weight excluding hydrogens is 296 g/mol. The summed E-state index contributed by atoms with van der Waals surface area (Å²) in [6, 6.07) is 14.3. The average Bonchev–Trinajstić information content (AvgIpc) is 2.55. The Morgan fingerprint density at radius 2 is 1.35 bits per heavy atom. The van der Waals surface area contributed by atoms with Crippen LogP contribution in [0.1, 0.15) is 0 Å². The molecule has 2 aromatic heterocycles. The number of benzene rings is 2. The van der Waals surface area contributed by atoms with Crippen LogP contribution in [0, 0.1) is 5.21 Å². The molecule has 0 saturated carbocycles. The monoisotopic (exact) mass is 308 g/mol. The number of aromatic nitrogens is 6. The van der Waals surface area contributed by atoms with Gasteiger partial charge in [0.25, 0.3) is 11.5 Å². The molecule has 0 unspecified atom stereocenters. The summed E-state index contributed by atoms with van der Waals surface area (Å²) in [6.45, 7) is 0. The van der Waals surface area contributed by atoms with E-state index < -0.39 is 0 Å². The molecule has 2 heterocycles. The third-order valence-corrected chi connectivity index (χ3v) is 2.89. The van der Waals surface area contributed by atoms with E-state index in [1.807, 2.05) is 24.3 Å². The van der Waals surface area contributed by atoms with Crippen LogP contribution in [0.5, 0.6) is 0 Å². The Kier molecular flexibility index (Phi) is 3.75. The van der Waals surface area contributed by atoms with Gasteiger partial charge in [-0.3, -0.25) is 0 Å². The molecular formula is C14H12N8O. The van der Waals surface area contributed by atoms with Crippen molar-refractivity contribution in [1.29, 1.82) is 0 Å². The maximum Gasteiger partial charge on any atom is 0.288 e. The number of nitrogen functional groups attached to an aromatic ring is 2. The highest BCUT2D eigenvalue weighted by molar-refractivity contribution is 5.73. The predicted octanol–water partition coefficient (Wildman–Crippen LogP) is 0.452. The normalized spacial score (nSPS) is 10.3. The Morgan fingerprint density at radius 3 is 2.13 bits per heavy atom. The highest BCUT2D eigenvalue weighted by atomic mass is 16.5. The molecule has 4 aromatic rings. The largest absolute Gasteiger partial charge is 0.594 e. The molecule has 0 atom stereocenters. The number of para-hydroxylation sites is 3. The lowest BCUT2D eigenvalue weighted by atomic mass is 10.3. The molecule has 0 aliphatic heterocycles. The van der Waals surface area contributed by atoms with Crippen molar-refractivity contribution < 1.29 is 4.85 Å². The summed E-state index contributed by atoms with van der Waals surface area (Å²) in [5.41, 5.74) is 13.1. The summed E-state index contributed by atoms with van der Waals surface area (Å²) in [5.74, 6) is 0.201. The van der Waals surface area contributed by atoms with E-state index in [0.29, 0.717) is 15.9 Å². The molecule has 0 aliphatic carbocycles. The van der Waals surface area contributed by atoms with Crippen LogP contribution in [0.3, 0.4) is 0 Å². The number of hydrogen-bond acceptors (Lipinski definition) is 8. The van der Waals surface area contributed by atoms with Crippen LogP contribution in [0.25, 0.3) is 22.1 Å². The quantitative estimate of drug-likeness (QED) is 0.352. The summed E-state index contributed by atoms with van der Waals surface area (Å²) < 4.78 is 0. The minimum atomic E-state index is -0.0105. The Bertz CT molecular complexity index is 975. The van der Waals surface area contributed by atoms with Gasteiger partial charge in [0, 0.05) is 6.07 Å². The standard InChI is InChI=1S/C7H6N4O.C7H6N4/c8-7-9-5-3-1-2-4-6(5)11(12)10-7;8-7-9-5-3-1-2-4-6(5)10-11-7/h1-4H,(H2,8,9,10);1-4H,(H2,8,9,11). The first-order valence-electron chi connectivity index (χ1n) is 6.60. The van der Waals surface area contributed by atoms with Crippen LogP contribution in [0.4, 0.5) is 11.9 Å². The fourth-order valence-corrected chi connectivity index (χ4v) is 1.91. The van der Waals surface area contributed by atoms with Gasteiger partial charge in [0.1, 0.15) is 11.0 Å². The zero-order valence-electron chi connectivity index (χ0n) is 11.9. The van der Waals surface area contributed by atoms with Gasteiger partial charge in [0.2, 0.25) is 5.95 Å².